The van der Waals surface area contributed by atoms with E-state index in [9.17, 15) is 15.0 Å². The number of carbonyl (C=O) groups excluding carboxylic acids is 1. The number of benzene rings is 1. The summed E-state index contributed by atoms with van der Waals surface area (Å²) in [6.07, 6.45) is -0.817. The van der Waals surface area contributed by atoms with E-state index in [1.165, 1.54) is 12.1 Å². The van der Waals surface area contributed by atoms with Gasteiger partial charge in [-0.2, -0.15) is 0 Å². The van der Waals surface area contributed by atoms with Crippen molar-refractivity contribution in [1.82, 2.24) is 0 Å². The van der Waals surface area contributed by atoms with Crippen LogP contribution in [0.15, 0.2) is 22.6 Å². The van der Waals surface area contributed by atoms with Gasteiger partial charge in [0, 0.05) is 5.56 Å². The van der Waals surface area contributed by atoms with Crippen LogP contribution in [0.3, 0.4) is 0 Å². The lowest BCUT2D eigenvalue weighted by molar-refractivity contribution is 0.167. The number of rotatable bonds is 3. The third kappa shape index (κ3) is 3.17. The molecule has 0 saturated carbocycles. The molecule has 1 heterocycles. The lowest BCUT2D eigenvalue weighted by Crippen LogP contribution is -2.12. The third-order valence-electron chi connectivity index (χ3n) is 2.53. The smallest absolute Gasteiger partial charge is 0.414 e. The fourth-order valence-corrected chi connectivity index (χ4v) is 1.89. The van der Waals surface area contributed by atoms with Crippen LogP contribution in [0.4, 0.5) is 10.7 Å². The fraction of sp³-hybridized carbons (Fsp3) is 0.154. The molecule has 0 fully saturated rings. The number of hydrogen-bond donors (Lipinski definition) is 3. The molecular weight excluding hydrogens is 321 g/mol. The molecule has 0 bridgehead atoms. The molecule has 6 nitrogen and oxygen atoms in total. The predicted octanol–water partition coefficient (Wildman–Crippen LogP) is 4.23. The van der Waals surface area contributed by atoms with E-state index in [4.69, 9.17) is 27.6 Å². The highest BCUT2D eigenvalue weighted by Gasteiger charge is 2.22. The Kier molecular flexibility index (Phi) is 4.50. The van der Waals surface area contributed by atoms with E-state index in [1.54, 1.807) is 13.0 Å². The van der Waals surface area contributed by atoms with Crippen molar-refractivity contribution in [3.05, 3.63) is 28.2 Å². The minimum atomic E-state index is -0.817. The number of halogens is 2. The van der Waals surface area contributed by atoms with Gasteiger partial charge < -0.3 is 19.4 Å². The molecule has 21 heavy (non-hydrogen) atoms. The Hall–Kier alpha value is -2.05. The normalized spacial score (nSPS) is 10.4. The molecule has 3 N–H and O–H groups in total. The summed E-state index contributed by atoms with van der Waals surface area (Å²) in [7, 11) is 0. The Balaban J connectivity index is 2.37. The molecule has 0 aliphatic rings. The second kappa shape index (κ2) is 6.15. The molecule has 2 aromatic rings. The quantitative estimate of drug-likeness (QED) is 0.782. The molecule has 112 valence electrons. The number of anilines is 1. The minimum Gasteiger partial charge on any atom is -0.502 e. The molecule has 0 atom stereocenters. The maximum absolute atomic E-state index is 11.3. The van der Waals surface area contributed by atoms with Crippen molar-refractivity contribution in [3.8, 4) is 22.8 Å². The molecule has 1 aromatic carbocycles. The zero-order valence-corrected chi connectivity index (χ0v) is 12.3. The van der Waals surface area contributed by atoms with Crippen LogP contribution >= 0.6 is 23.2 Å². The molecule has 1 amide bonds. The van der Waals surface area contributed by atoms with E-state index in [2.05, 4.69) is 10.1 Å². The van der Waals surface area contributed by atoms with E-state index < -0.39 is 17.6 Å². The van der Waals surface area contributed by atoms with Gasteiger partial charge in [-0.05, 0) is 25.1 Å². The average Bonchev–Trinajstić information content (AvgIpc) is 2.71. The monoisotopic (exact) mass is 331 g/mol. The zero-order valence-electron chi connectivity index (χ0n) is 10.8. The molecule has 0 spiro atoms. The molecule has 1 aromatic heterocycles. The highest BCUT2D eigenvalue weighted by Crippen LogP contribution is 2.46. The van der Waals surface area contributed by atoms with Gasteiger partial charge in [0.2, 0.25) is 17.4 Å². The van der Waals surface area contributed by atoms with Crippen molar-refractivity contribution in [2.75, 3.05) is 11.9 Å². The summed E-state index contributed by atoms with van der Waals surface area (Å²) >= 11 is 11.7. The Morgan fingerprint density at radius 3 is 2.62 bits per heavy atom. The van der Waals surface area contributed by atoms with Gasteiger partial charge in [-0.3, -0.25) is 5.32 Å². The standard InChI is InChI=1S/C13H11Cl2NO5/c1-2-20-13(19)16-12-10(18)9(17)11(21-12)6-3-4-7(14)8(15)5-6/h3-5,17-18H,2H2,1H3,(H,16,19). The summed E-state index contributed by atoms with van der Waals surface area (Å²) in [4.78, 5) is 11.3. The van der Waals surface area contributed by atoms with Crippen molar-refractivity contribution < 1.29 is 24.2 Å². The van der Waals surface area contributed by atoms with Crippen molar-refractivity contribution in [1.29, 1.82) is 0 Å². The number of carbonyl (C=O) groups is 1. The Labute approximate surface area is 129 Å². The largest absolute Gasteiger partial charge is 0.502 e. The molecule has 8 heteroatoms. The topological polar surface area (TPSA) is 91.9 Å². The van der Waals surface area contributed by atoms with Crippen LogP contribution in [0.1, 0.15) is 6.92 Å². The first kappa shape index (κ1) is 15.3. The van der Waals surface area contributed by atoms with Gasteiger partial charge in [0.15, 0.2) is 5.76 Å². The highest BCUT2D eigenvalue weighted by atomic mass is 35.5. The van der Waals surface area contributed by atoms with Gasteiger partial charge in [-0.25, -0.2) is 4.79 Å². The SMILES string of the molecule is CCOC(=O)Nc1oc(-c2ccc(Cl)c(Cl)c2)c(O)c1O. The number of furan rings is 1. The van der Waals surface area contributed by atoms with Crippen LogP contribution in [0.5, 0.6) is 11.5 Å². The summed E-state index contributed by atoms with van der Waals surface area (Å²) in [5.41, 5.74) is 0.383. The first-order valence-corrected chi connectivity index (χ1v) is 6.63. The number of aromatic hydroxyl groups is 2. The first-order chi connectivity index (χ1) is 9.93. The number of nitrogens with one attached hydrogen (secondary N) is 1. The van der Waals surface area contributed by atoms with Gasteiger partial charge >= 0.3 is 6.09 Å². The van der Waals surface area contributed by atoms with Gasteiger partial charge in [0.25, 0.3) is 0 Å². The maximum Gasteiger partial charge on any atom is 0.414 e. The second-order valence-electron chi connectivity index (χ2n) is 3.93. The molecule has 0 saturated heterocycles. The number of hydrogen-bond acceptors (Lipinski definition) is 5. The fourth-order valence-electron chi connectivity index (χ4n) is 1.59. The van der Waals surface area contributed by atoms with E-state index in [0.717, 1.165) is 0 Å². The van der Waals surface area contributed by atoms with E-state index in [1.807, 2.05) is 0 Å². The third-order valence-corrected chi connectivity index (χ3v) is 3.27. The minimum absolute atomic E-state index is 0.0575. The van der Waals surface area contributed by atoms with Crippen molar-refractivity contribution in [2.45, 2.75) is 6.92 Å². The van der Waals surface area contributed by atoms with Gasteiger partial charge in [0.05, 0.1) is 16.7 Å². The molecule has 0 aliphatic heterocycles. The van der Waals surface area contributed by atoms with E-state index in [0.29, 0.717) is 10.6 Å². The summed E-state index contributed by atoms with van der Waals surface area (Å²) in [6.45, 7) is 1.78. The zero-order chi connectivity index (χ0) is 15.6. The first-order valence-electron chi connectivity index (χ1n) is 5.88. The molecule has 2 rings (SSSR count). The lowest BCUT2D eigenvalue weighted by Gasteiger charge is -2.02. The van der Waals surface area contributed by atoms with E-state index >= 15 is 0 Å². The van der Waals surface area contributed by atoms with Crippen molar-refractivity contribution in [3.63, 3.8) is 0 Å². The highest BCUT2D eigenvalue weighted by molar-refractivity contribution is 6.42. The van der Waals surface area contributed by atoms with Crippen LogP contribution in [0.2, 0.25) is 10.0 Å². The summed E-state index contributed by atoms with van der Waals surface area (Å²) < 4.78 is 9.88. The van der Waals surface area contributed by atoms with Crippen LogP contribution in [-0.2, 0) is 4.74 Å². The van der Waals surface area contributed by atoms with Gasteiger partial charge in [0.1, 0.15) is 0 Å². The number of amides is 1. The molecular formula is C13H11Cl2NO5. The molecule has 0 unspecified atom stereocenters. The molecule has 0 radical (unpaired) electrons. The summed E-state index contributed by atoms with van der Waals surface area (Å²) in [6, 6.07) is 4.51. The predicted molar refractivity (Wildman–Crippen MR) is 78.1 cm³/mol. The summed E-state index contributed by atoms with van der Waals surface area (Å²) in [5.74, 6) is -1.52. The van der Waals surface area contributed by atoms with Crippen molar-refractivity contribution in [2.24, 2.45) is 0 Å². The van der Waals surface area contributed by atoms with Crippen LogP contribution < -0.4 is 5.32 Å². The Bertz CT molecular complexity index is 683. The van der Waals surface area contributed by atoms with Crippen LogP contribution in [-0.4, -0.2) is 22.9 Å². The van der Waals surface area contributed by atoms with Gasteiger partial charge in [-0.15, -0.1) is 0 Å². The van der Waals surface area contributed by atoms with Gasteiger partial charge in [-0.1, -0.05) is 23.2 Å². The average molecular weight is 332 g/mol. The van der Waals surface area contributed by atoms with Crippen LogP contribution in [0.25, 0.3) is 11.3 Å². The van der Waals surface area contributed by atoms with Crippen LogP contribution in [0, 0.1) is 0 Å². The maximum atomic E-state index is 11.3. The van der Waals surface area contributed by atoms with E-state index in [-0.39, 0.29) is 23.3 Å². The second-order valence-corrected chi connectivity index (χ2v) is 4.75. The summed E-state index contributed by atoms with van der Waals surface area (Å²) in [5, 5.41) is 22.4. The Morgan fingerprint density at radius 2 is 2.00 bits per heavy atom. The van der Waals surface area contributed by atoms with Crippen molar-refractivity contribution >= 4 is 35.2 Å². The lowest BCUT2D eigenvalue weighted by atomic mass is 10.1. The number of ether oxygens (including phenoxy) is 1. The Morgan fingerprint density at radius 1 is 1.29 bits per heavy atom. The molecule has 0 aliphatic carbocycles.